The fourth-order valence-electron chi connectivity index (χ4n) is 2.83. The molecule has 1 aromatic heterocycles. The number of hydrogen-bond donors (Lipinski definition) is 1. The summed E-state index contributed by atoms with van der Waals surface area (Å²) in [5.74, 6) is 0.798. The molecule has 0 radical (unpaired) electrons. The van der Waals surface area contributed by atoms with Crippen molar-refractivity contribution in [3.8, 4) is 0 Å². The molecule has 8 heteroatoms. The number of anilines is 4. The van der Waals surface area contributed by atoms with Gasteiger partial charge in [0.15, 0.2) is 11.6 Å². The van der Waals surface area contributed by atoms with Crippen molar-refractivity contribution in [3.63, 3.8) is 0 Å². The van der Waals surface area contributed by atoms with Gasteiger partial charge < -0.3 is 25.0 Å². The number of carbonyl (C=O) groups excluding carboxylic acids is 1. The largest absolute Gasteiger partial charge is 0.465 e. The number of benzene rings is 1. The fourth-order valence-corrected chi connectivity index (χ4v) is 2.83. The minimum atomic E-state index is -0.413. The average Bonchev–Trinajstić information content (AvgIpc) is 2.67. The van der Waals surface area contributed by atoms with Crippen LogP contribution in [0.5, 0.6) is 0 Å². The molecule has 0 amide bonds. The zero-order valence-corrected chi connectivity index (χ0v) is 14.3. The van der Waals surface area contributed by atoms with Crippen LogP contribution in [-0.2, 0) is 9.47 Å². The maximum Gasteiger partial charge on any atom is 0.339 e. The van der Waals surface area contributed by atoms with Gasteiger partial charge in [0, 0.05) is 20.1 Å². The highest BCUT2D eigenvalue weighted by atomic mass is 16.5. The van der Waals surface area contributed by atoms with Gasteiger partial charge in [-0.25, -0.2) is 14.8 Å². The van der Waals surface area contributed by atoms with Crippen LogP contribution in [0.2, 0.25) is 0 Å². The molecule has 2 heterocycles. The van der Waals surface area contributed by atoms with Crippen LogP contribution in [0.25, 0.3) is 0 Å². The molecule has 0 spiro atoms. The van der Waals surface area contributed by atoms with E-state index in [9.17, 15) is 4.79 Å². The quantitative estimate of drug-likeness (QED) is 0.834. The van der Waals surface area contributed by atoms with E-state index < -0.39 is 5.97 Å². The molecule has 2 N–H and O–H groups in total. The van der Waals surface area contributed by atoms with E-state index in [-0.39, 0.29) is 0 Å². The summed E-state index contributed by atoms with van der Waals surface area (Å²) in [6.07, 6.45) is 1.48. The molecule has 1 saturated heterocycles. The second kappa shape index (κ2) is 7.35. The lowest BCUT2D eigenvalue weighted by Gasteiger charge is -2.30. The molecule has 0 saturated carbocycles. The fraction of sp³-hybridized carbons (Fsp3) is 0.353. The van der Waals surface area contributed by atoms with Crippen LogP contribution in [0, 0.1) is 0 Å². The maximum atomic E-state index is 12.0. The van der Waals surface area contributed by atoms with Crippen LogP contribution < -0.4 is 15.5 Å². The molecule has 1 aliphatic rings. The predicted octanol–water partition coefficient (Wildman–Crippen LogP) is 1.45. The first-order chi connectivity index (χ1) is 12.1. The number of morpholine rings is 1. The van der Waals surface area contributed by atoms with Crippen molar-refractivity contribution in [2.24, 2.45) is 0 Å². The molecule has 1 aromatic carbocycles. The molecule has 1 aliphatic heterocycles. The summed E-state index contributed by atoms with van der Waals surface area (Å²) in [7, 11) is 3.16. The molecule has 0 atom stereocenters. The Morgan fingerprint density at radius 1 is 1.28 bits per heavy atom. The van der Waals surface area contributed by atoms with Crippen LogP contribution in [0.1, 0.15) is 10.4 Å². The molecule has 3 rings (SSSR count). The Kier molecular flexibility index (Phi) is 4.99. The molecule has 0 bridgehead atoms. The number of nitrogen functional groups attached to an aromatic ring is 1. The number of ether oxygens (including phenoxy) is 2. The van der Waals surface area contributed by atoms with Crippen molar-refractivity contribution in [1.29, 1.82) is 0 Å². The Morgan fingerprint density at radius 2 is 2.00 bits per heavy atom. The number of nitrogens with two attached hydrogens (primary N) is 1. The first kappa shape index (κ1) is 17.0. The summed E-state index contributed by atoms with van der Waals surface area (Å²) < 4.78 is 10.2. The topological polar surface area (TPSA) is 93.8 Å². The van der Waals surface area contributed by atoms with Crippen molar-refractivity contribution in [3.05, 3.63) is 36.2 Å². The zero-order valence-electron chi connectivity index (χ0n) is 14.3. The monoisotopic (exact) mass is 343 g/mol. The summed E-state index contributed by atoms with van der Waals surface area (Å²) in [6.45, 7) is 2.73. The minimum Gasteiger partial charge on any atom is -0.465 e. The smallest absolute Gasteiger partial charge is 0.339 e. The lowest BCUT2D eigenvalue weighted by atomic mass is 10.1. The van der Waals surface area contributed by atoms with Crippen molar-refractivity contribution in [1.82, 2.24) is 9.97 Å². The zero-order chi connectivity index (χ0) is 17.8. The summed E-state index contributed by atoms with van der Waals surface area (Å²) >= 11 is 0. The van der Waals surface area contributed by atoms with E-state index >= 15 is 0 Å². The van der Waals surface area contributed by atoms with Crippen LogP contribution in [0.15, 0.2) is 30.6 Å². The van der Waals surface area contributed by atoms with E-state index in [1.165, 1.54) is 13.4 Å². The van der Waals surface area contributed by atoms with Crippen LogP contribution in [0.4, 0.5) is 23.0 Å². The molecule has 0 aliphatic carbocycles. The van der Waals surface area contributed by atoms with Gasteiger partial charge in [-0.05, 0) is 12.1 Å². The number of para-hydroxylation sites is 1. The third kappa shape index (κ3) is 3.34. The highest BCUT2D eigenvalue weighted by Crippen LogP contribution is 2.34. The van der Waals surface area contributed by atoms with Crippen molar-refractivity contribution >= 4 is 29.0 Å². The number of rotatable bonds is 4. The molecule has 0 unspecified atom stereocenters. The second-order valence-corrected chi connectivity index (χ2v) is 5.60. The normalized spacial score (nSPS) is 14.2. The number of hydrogen-bond acceptors (Lipinski definition) is 8. The molecule has 132 valence electrons. The van der Waals surface area contributed by atoms with Crippen molar-refractivity contribution < 1.29 is 14.3 Å². The first-order valence-corrected chi connectivity index (χ1v) is 7.97. The molecular weight excluding hydrogens is 322 g/mol. The van der Waals surface area contributed by atoms with E-state index in [2.05, 4.69) is 14.9 Å². The van der Waals surface area contributed by atoms with Crippen LogP contribution >= 0.6 is 0 Å². The molecule has 8 nitrogen and oxygen atoms in total. The van der Waals surface area contributed by atoms with Crippen LogP contribution in [-0.4, -0.2) is 56.4 Å². The highest BCUT2D eigenvalue weighted by molar-refractivity contribution is 5.97. The van der Waals surface area contributed by atoms with Gasteiger partial charge in [-0.2, -0.15) is 0 Å². The van der Waals surface area contributed by atoms with E-state index in [1.807, 2.05) is 19.2 Å². The Bertz CT molecular complexity index is 762. The van der Waals surface area contributed by atoms with Crippen molar-refractivity contribution in [2.75, 3.05) is 56.0 Å². The van der Waals surface area contributed by atoms with Gasteiger partial charge in [-0.15, -0.1) is 0 Å². The summed E-state index contributed by atoms with van der Waals surface area (Å²) in [5.41, 5.74) is 7.91. The predicted molar refractivity (Wildman–Crippen MR) is 95.3 cm³/mol. The second-order valence-electron chi connectivity index (χ2n) is 5.60. The molecule has 1 fully saturated rings. The number of nitrogens with zero attached hydrogens (tertiary/aromatic N) is 4. The van der Waals surface area contributed by atoms with E-state index in [4.69, 9.17) is 15.2 Å². The van der Waals surface area contributed by atoms with E-state index in [1.54, 1.807) is 17.0 Å². The average molecular weight is 343 g/mol. The molecular formula is C17H21N5O3. The van der Waals surface area contributed by atoms with Gasteiger partial charge in [-0.1, -0.05) is 12.1 Å². The summed E-state index contributed by atoms with van der Waals surface area (Å²) in [4.78, 5) is 24.5. The molecule has 25 heavy (non-hydrogen) atoms. The van der Waals surface area contributed by atoms with Gasteiger partial charge in [0.25, 0.3) is 0 Å². The van der Waals surface area contributed by atoms with Gasteiger partial charge in [0.2, 0.25) is 0 Å². The highest BCUT2D eigenvalue weighted by Gasteiger charge is 2.22. The minimum absolute atomic E-state index is 0.413. The Balaban J connectivity index is 1.98. The Labute approximate surface area is 146 Å². The molecule has 2 aromatic rings. The maximum absolute atomic E-state index is 12.0. The Hall–Kier alpha value is -2.87. The van der Waals surface area contributed by atoms with Gasteiger partial charge in [-0.3, -0.25) is 0 Å². The summed E-state index contributed by atoms with van der Waals surface area (Å²) in [6, 6.07) is 7.16. The summed E-state index contributed by atoms with van der Waals surface area (Å²) in [5, 5.41) is 0. The van der Waals surface area contributed by atoms with E-state index in [0.29, 0.717) is 41.8 Å². The standard InChI is InChI=1S/C17H21N5O3/c1-21(13-6-4-3-5-12(13)17(23)24-2)15-14(18)16(20-11-19-15)22-7-9-25-10-8-22/h3-6,11H,7-10,18H2,1-2H3. The van der Waals surface area contributed by atoms with Gasteiger partial charge >= 0.3 is 5.97 Å². The van der Waals surface area contributed by atoms with Crippen molar-refractivity contribution in [2.45, 2.75) is 0 Å². The number of aromatic nitrogens is 2. The lowest BCUT2D eigenvalue weighted by Crippen LogP contribution is -2.37. The third-order valence-electron chi connectivity index (χ3n) is 4.14. The number of carbonyl (C=O) groups is 1. The lowest BCUT2D eigenvalue weighted by molar-refractivity contribution is 0.0601. The third-order valence-corrected chi connectivity index (χ3v) is 4.14. The van der Waals surface area contributed by atoms with Gasteiger partial charge in [0.1, 0.15) is 12.0 Å². The SMILES string of the molecule is COC(=O)c1ccccc1N(C)c1ncnc(N2CCOCC2)c1N. The van der Waals surface area contributed by atoms with E-state index in [0.717, 1.165) is 13.1 Å². The van der Waals surface area contributed by atoms with Crippen LogP contribution in [0.3, 0.4) is 0 Å². The Morgan fingerprint density at radius 3 is 2.72 bits per heavy atom. The first-order valence-electron chi connectivity index (χ1n) is 7.97. The number of methoxy groups -OCH3 is 1. The number of esters is 1. The van der Waals surface area contributed by atoms with Gasteiger partial charge in [0.05, 0.1) is 31.6 Å².